The summed E-state index contributed by atoms with van der Waals surface area (Å²) in [4.78, 5) is 16.4. The second-order valence-corrected chi connectivity index (χ2v) is 7.16. The van der Waals surface area contributed by atoms with Crippen molar-refractivity contribution < 1.29 is 9.53 Å². The molecule has 0 aliphatic heterocycles. The number of aliphatic imine (C=N–C) groups is 1. The number of ether oxygens (including phenoxy) is 1. The fraction of sp³-hybridized carbons (Fsp3) is 0.889. The van der Waals surface area contributed by atoms with Crippen LogP contribution in [0.2, 0.25) is 0 Å². The minimum absolute atomic E-state index is 0. The van der Waals surface area contributed by atoms with Gasteiger partial charge in [-0.15, -0.1) is 24.0 Å². The Balaban J connectivity index is 0.00000312. The predicted octanol–water partition coefficient (Wildman–Crippen LogP) is 2.43. The molecule has 0 atom stereocenters. The average molecular weight is 466 g/mol. The van der Waals surface area contributed by atoms with Gasteiger partial charge in [-0.3, -0.25) is 9.79 Å². The Morgan fingerprint density at radius 3 is 2.60 bits per heavy atom. The highest BCUT2D eigenvalue weighted by atomic mass is 127. The van der Waals surface area contributed by atoms with Crippen LogP contribution in [-0.4, -0.2) is 51.3 Å². The summed E-state index contributed by atoms with van der Waals surface area (Å²) in [6, 6.07) is 0.454. The molecule has 0 heterocycles. The molecule has 0 unspecified atom stereocenters. The van der Waals surface area contributed by atoms with Gasteiger partial charge in [0.15, 0.2) is 5.96 Å². The first-order valence-corrected chi connectivity index (χ1v) is 9.48. The highest BCUT2D eigenvalue weighted by Crippen LogP contribution is 2.44. The van der Waals surface area contributed by atoms with E-state index in [-0.39, 0.29) is 29.9 Å². The minimum atomic E-state index is 0. The predicted molar refractivity (Wildman–Crippen MR) is 113 cm³/mol. The van der Waals surface area contributed by atoms with Crippen LogP contribution in [0.25, 0.3) is 0 Å². The summed E-state index contributed by atoms with van der Waals surface area (Å²) in [5, 5.41) is 9.67. The molecule has 3 N–H and O–H groups in total. The van der Waals surface area contributed by atoms with Crippen molar-refractivity contribution in [3.05, 3.63) is 0 Å². The summed E-state index contributed by atoms with van der Waals surface area (Å²) in [7, 11) is 1.76. The lowest BCUT2D eigenvalue weighted by atomic mass is 9.67. The van der Waals surface area contributed by atoms with Crippen molar-refractivity contribution in [2.24, 2.45) is 10.4 Å². The molecular formula is C18H35IN4O2. The summed E-state index contributed by atoms with van der Waals surface area (Å²) in [6.45, 7) is 5.36. The number of rotatable bonds is 11. The standard InChI is InChI=1S/C18H34N4O2.HI/c1-3-19-17(20-12-4-6-16(23)22-15-7-8-15)21-14-18(9-5-10-18)11-13-24-2;/h15H,3-14H2,1-2H3,(H,22,23)(H2,19,20,21);1H. The molecule has 0 aromatic rings. The van der Waals surface area contributed by atoms with Crippen molar-refractivity contribution in [1.29, 1.82) is 0 Å². The molecule has 2 saturated carbocycles. The molecule has 0 aromatic heterocycles. The van der Waals surface area contributed by atoms with Crippen molar-refractivity contribution in [2.75, 3.05) is 33.4 Å². The van der Waals surface area contributed by atoms with E-state index in [1.807, 2.05) is 0 Å². The smallest absolute Gasteiger partial charge is 0.220 e. The maximum absolute atomic E-state index is 11.7. The van der Waals surface area contributed by atoms with E-state index in [1.165, 1.54) is 19.3 Å². The first-order chi connectivity index (χ1) is 11.7. The second kappa shape index (κ2) is 11.9. The third kappa shape index (κ3) is 8.57. The number of carbonyl (C=O) groups is 1. The Labute approximate surface area is 169 Å². The van der Waals surface area contributed by atoms with Crippen LogP contribution in [0.3, 0.4) is 0 Å². The van der Waals surface area contributed by atoms with Gasteiger partial charge in [-0.2, -0.15) is 0 Å². The number of nitrogens with zero attached hydrogens (tertiary/aromatic N) is 1. The molecule has 7 heteroatoms. The zero-order valence-electron chi connectivity index (χ0n) is 15.7. The van der Waals surface area contributed by atoms with Crippen molar-refractivity contribution in [2.45, 2.75) is 64.3 Å². The highest BCUT2D eigenvalue weighted by Gasteiger charge is 2.36. The van der Waals surface area contributed by atoms with Crippen LogP contribution in [0.1, 0.15) is 58.3 Å². The average Bonchev–Trinajstić information content (AvgIpc) is 3.33. The highest BCUT2D eigenvalue weighted by molar-refractivity contribution is 14.0. The molecule has 6 nitrogen and oxygen atoms in total. The Morgan fingerprint density at radius 2 is 2.04 bits per heavy atom. The fourth-order valence-corrected chi connectivity index (χ4v) is 3.05. The quantitative estimate of drug-likeness (QED) is 0.189. The van der Waals surface area contributed by atoms with Crippen LogP contribution < -0.4 is 16.0 Å². The number of methoxy groups -OCH3 is 1. The Bertz CT molecular complexity index is 423. The number of hydrogen-bond acceptors (Lipinski definition) is 3. The van der Waals surface area contributed by atoms with Crippen LogP contribution in [0.4, 0.5) is 0 Å². The second-order valence-electron chi connectivity index (χ2n) is 7.16. The van der Waals surface area contributed by atoms with Crippen LogP contribution >= 0.6 is 24.0 Å². The normalized spacial score (nSPS) is 18.7. The van der Waals surface area contributed by atoms with E-state index >= 15 is 0 Å². The SMILES string of the molecule is CCNC(=NCC1(CCOC)CCC1)NCCCC(=O)NC1CC1.I. The van der Waals surface area contributed by atoms with E-state index in [0.29, 0.717) is 17.9 Å². The molecule has 0 spiro atoms. The van der Waals surface area contributed by atoms with Gasteiger partial charge >= 0.3 is 0 Å². The molecule has 0 bridgehead atoms. The lowest BCUT2D eigenvalue weighted by molar-refractivity contribution is -0.121. The van der Waals surface area contributed by atoms with Gasteiger partial charge in [-0.05, 0) is 50.9 Å². The Hall–Kier alpha value is -0.570. The molecule has 0 aromatic carbocycles. The maximum Gasteiger partial charge on any atom is 0.220 e. The molecule has 0 radical (unpaired) electrons. The van der Waals surface area contributed by atoms with Gasteiger partial charge in [-0.1, -0.05) is 6.42 Å². The molecule has 2 aliphatic carbocycles. The molecule has 0 saturated heterocycles. The van der Waals surface area contributed by atoms with E-state index in [4.69, 9.17) is 9.73 Å². The van der Waals surface area contributed by atoms with E-state index in [9.17, 15) is 4.79 Å². The largest absolute Gasteiger partial charge is 0.385 e. The summed E-state index contributed by atoms with van der Waals surface area (Å²) in [6.07, 6.45) is 8.60. The third-order valence-corrected chi connectivity index (χ3v) is 4.98. The van der Waals surface area contributed by atoms with Crippen LogP contribution in [0, 0.1) is 5.41 Å². The number of amides is 1. The Morgan fingerprint density at radius 1 is 1.28 bits per heavy atom. The Kier molecular flexibility index (Phi) is 10.7. The van der Waals surface area contributed by atoms with E-state index in [0.717, 1.165) is 57.9 Å². The van der Waals surface area contributed by atoms with Gasteiger partial charge < -0.3 is 20.7 Å². The first-order valence-electron chi connectivity index (χ1n) is 9.48. The van der Waals surface area contributed by atoms with Gasteiger partial charge in [0.1, 0.15) is 0 Å². The maximum atomic E-state index is 11.7. The molecule has 146 valence electrons. The number of nitrogens with one attached hydrogen (secondary N) is 3. The summed E-state index contributed by atoms with van der Waals surface area (Å²) in [5.41, 5.74) is 0.336. The summed E-state index contributed by atoms with van der Waals surface area (Å²) in [5.74, 6) is 1.04. The van der Waals surface area contributed by atoms with E-state index in [1.54, 1.807) is 7.11 Å². The number of carbonyl (C=O) groups excluding carboxylic acids is 1. The van der Waals surface area contributed by atoms with Gasteiger partial charge in [0.05, 0.1) is 0 Å². The van der Waals surface area contributed by atoms with Crippen molar-refractivity contribution >= 4 is 35.8 Å². The topological polar surface area (TPSA) is 74.8 Å². The molecule has 2 rings (SSSR count). The van der Waals surface area contributed by atoms with Crippen molar-refractivity contribution in [1.82, 2.24) is 16.0 Å². The molecular weight excluding hydrogens is 431 g/mol. The van der Waals surface area contributed by atoms with Crippen molar-refractivity contribution in [3.8, 4) is 0 Å². The van der Waals surface area contributed by atoms with Gasteiger partial charge in [0.2, 0.25) is 5.91 Å². The summed E-state index contributed by atoms with van der Waals surface area (Å²) >= 11 is 0. The van der Waals surface area contributed by atoms with Crippen LogP contribution in [0.5, 0.6) is 0 Å². The number of hydrogen-bond donors (Lipinski definition) is 3. The molecule has 1 amide bonds. The minimum Gasteiger partial charge on any atom is -0.385 e. The molecule has 2 aliphatic rings. The molecule has 25 heavy (non-hydrogen) atoms. The molecule has 2 fully saturated rings. The van der Waals surface area contributed by atoms with Gasteiger partial charge in [0, 0.05) is 45.8 Å². The fourth-order valence-electron chi connectivity index (χ4n) is 3.05. The van der Waals surface area contributed by atoms with Crippen LogP contribution in [-0.2, 0) is 9.53 Å². The lowest BCUT2D eigenvalue weighted by Gasteiger charge is -2.40. The van der Waals surface area contributed by atoms with Gasteiger partial charge in [-0.25, -0.2) is 0 Å². The van der Waals surface area contributed by atoms with Crippen molar-refractivity contribution in [3.63, 3.8) is 0 Å². The zero-order chi connectivity index (χ0) is 17.3. The first kappa shape index (κ1) is 22.5. The number of halogens is 1. The lowest BCUT2D eigenvalue weighted by Crippen LogP contribution is -2.40. The van der Waals surface area contributed by atoms with Gasteiger partial charge in [0.25, 0.3) is 0 Å². The van der Waals surface area contributed by atoms with E-state index in [2.05, 4.69) is 22.9 Å². The monoisotopic (exact) mass is 466 g/mol. The van der Waals surface area contributed by atoms with E-state index < -0.39 is 0 Å². The summed E-state index contributed by atoms with van der Waals surface area (Å²) < 4.78 is 5.24. The third-order valence-electron chi connectivity index (χ3n) is 4.98. The zero-order valence-corrected chi connectivity index (χ0v) is 18.1. The van der Waals surface area contributed by atoms with Crippen LogP contribution in [0.15, 0.2) is 4.99 Å². The number of guanidine groups is 1.